The summed E-state index contributed by atoms with van der Waals surface area (Å²) in [5.41, 5.74) is 1.08. The summed E-state index contributed by atoms with van der Waals surface area (Å²) in [6, 6.07) is 3.61. The fraction of sp³-hybridized carbons (Fsp3) is 0.273. The number of hydrogen-bond acceptors (Lipinski definition) is 6. The van der Waals surface area contributed by atoms with Crippen LogP contribution in [0.5, 0.6) is 0 Å². The van der Waals surface area contributed by atoms with Crippen LogP contribution in [0.15, 0.2) is 16.7 Å². The van der Waals surface area contributed by atoms with E-state index in [2.05, 4.69) is 20.3 Å². The van der Waals surface area contributed by atoms with Gasteiger partial charge in [0.1, 0.15) is 17.5 Å². The maximum absolute atomic E-state index is 8.78. The van der Waals surface area contributed by atoms with Crippen molar-refractivity contribution in [1.82, 2.24) is 15.0 Å². The summed E-state index contributed by atoms with van der Waals surface area (Å²) in [5.74, 6) is 1.72. The Labute approximate surface area is 98.3 Å². The Morgan fingerprint density at radius 1 is 1.41 bits per heavy atom. The number of aryl methyl sites for hydroxylation is 2. The van der Waals surface area contributed by atoms with Crippen molar-refractivity contribution in [1.29, 1.82) is 5.26 Å². The Bertz CT molecular complexity index is 569. The molecular formula is C11H11N5O. The Hall–Kier alpha value is -2.42. The van der Waals surface area contributed by atoms with E-state index in [0.29, 0.717) is 24.1 Å². The van der Waals surface area contributed by atoms with Gasteiger partial charge in [-0.05, 0) is 19.9 Å². The molecule has 17 heavy (non-hydrogen) atoms. The lowest BCUT2D eigenvalue weighted by Crippen LogP contribution is -2.05. The first-order chi connectivity index (χ1) is 8.17. The van der Waals surface area contributed by atoms with Crippen molar-refractivity contribution < 1.29 is 4.42 Å². The summed E-state index contributed by atoms with van der Waals surface area (Å²) in [6.45, 7) is 4.03. The molecule has 6 heteroatoms. The second kappa shape index (κ2) is 4.61. The smallest absolute Gasteiger partial charge is 0.224 e. The molecule has 0 atom stereocenters. The molecule has 0 aromatic carbocycles. The molecule has 0 aliphatic carbocycles. The van der Waals surface area contributed by atoms with E-state index in [1.807, 2.05) is 19.9 Å². The molecule has 2 heterocycles. The van der Waals surface area contributed by atoms with Crippen LogP contribution in [-0.4, -0.2) is 15.0 Å². The van der Waals surface area contributed by atoms with Gasteiger partial charge in [-0.25, -0.2) is 15.0 Å². The molecule has 2 aromatic heterocycles. The Balaban J connectivity index is 2.09. The molecule has 2 rings (SSSR count). The Morgan fingerprint density at radius 3 is 2.88 bits per heavy atom. The minimum Gasteiger partial charge on any atom is -0.444 e. The maximum Gasteiger partial charge on any atom is 0.224 e. The highest BCUT2D eigenvalue weighted by Crippen LogP contribution is 2.07. The molecule has 0 aliphatic rings. The number of nitrogens with one attached hydrogen (secondary N) is 1. The molecule has 0 amide bonds. The summed E-state index contributed by atoms with van der Waals surface area (Å²) in [6.07, 6.45) is 1.65. The van der Waals surface area contributed by atoms with E-state index in [9.17, 15) is 0 Å². The Morgan fingerprint density at radius 2 is 2.24 bits per heavy atom. The van der Waals surface area contributed by atoms with Crippen molar-refractivity contribution in [3.05, 3.63) is 35.3 Å². The van der Waals surface area contributed by atoms with E-state index in [1.54, 1.807) is 12.3 Å². The van der Waals surface area contributed by atoms with Crippen molar-refractivity contribution in [3.8, 4) is 6.07 Å². The van der Waals surface area contributed by atoms with E-state index in [4.69, 9.17) is 9.68 Å². The molecule has 6 nitrogen and oxygen atoms in total. The van der Waals surface area contributed by atoms with Gasteiger partial charge in [0, 0.05) is 5.69 Å². The molecule has 2 aromatic rings. The molecule has 0 spiro atoms. The SMILES string of the molecule is Cc1cc(C#N)nc(NCc2ncc(C)o2)n1. The van der Waals surface area contributed by atoms with Crippen LogP contribution in [0.25, 0.3) is 0 Å². The van der Waals surface area contributed by atoms with Crippen molar-refractivity contribution in [2.75, 3.05) is 5.32 Å². The standard InChI is InChI=1S/C11H11N5O/c1-7-3-9(4-12)16-11(15-7)14-6-10-13-5-8(2)17-10/h3,5H,6H2,1-2H3,(H,14,15,16). The number of nitrogens with zero attached hydrogens (tertiary/aromatic N) is 4. The third-order valence-corrected chi connectivity index (χ3v) is 2.04. The van der Waals surface area contributed by atoms with Gasteiger partial charge in [0.15, 0.2) is 0 Å². The van der Waals surface area contributed by atoms with Gasteiger partial charge in [0.2, 0.25) is 11.8 Å². The first kappa shape index (κ1) is 11.1. The number of rotatable bonds is 3. The van der Waals surface area contributed by atoms with E-state index in [0.717, 1.165) is 11.5 Å². The predicted octanol–water partition coefficient (Wildman–Crippen LogP) is 1.57. The number of oxazole rings is 1. The lowest BCUT2D eigenvalue weighted by molar-refractivity contribution is 0.478. The van der Waals surface area contributed by atoms with Gasteiger partial charge in [-0.1, -0.05) is 0 Å². The molecule has 0 bridgehead atoms. The third-order valence-electron chi connectivity index (χ3n) is 2.04. The van der Waals surface area contributed by atoms with E-state index >= 15 is 0 Å². The molecule has 86 valence electrons. The van der Waals surface area contributed by atoms with Crippen LogP contribution >= 0.6 is 0 Å². The molecule has 0 fully saturated rings. The van der Waals surface area contributed by atoms with Crippen LogP contribution in [0.2, 0.25) is 0 Å². The highest BCUT2D eigenvalue weighted by atomic mass is 16.4. The van der Waals surface area contributed by atoms with Gasteiger partial charge in [0.05, 0.1) is 12.7 Å². The van der Waals surface area contributed by atoms with Gasteiger partial charge in [-0.15, -0.1) is 0 Å². The number of nitriles is 1. The molecule has 0 unspecified atom stereocenters. The van der Waals surface area contributed by atoms with Crippen LogP contribution < -0.4 is 5.32 Å². The predicted molar refractivity (Wildman–Crippen MR) is 60.1 cm³/mol. The second-order valence-corrected chi connectivity index (χ2v) is 3.55. The van der Waals surface area contributed by atoms with Crippen LogP contribution in [0, 0.1) is 25.2 Å². The first-order valence-corrected chi connectivity index (χ1v) is 5.08. The lowest BCUT2D eigenvalue weighted by Gasteiger charge is -2.03. The summed E-state index contributed by atoms with van der Waals surface area (Å²) >= 11 is 0. The number of anilines is 1. The molecule has 0 saturated carbocycles. The molecule has 1 N–H and O–H groups in total. The minimum absolute atomic E-state index is 0.337. The van der Waals surface area contributed by atoms with Gasteiger partial charge >= 0.3 is 0 Å². The zero-order valence-corrected chi connectivity index (χ0v) is 9.56. The average Bonchev–Trinajstić information content (AvgIpc) is 2.72. The highest BCUT2D eigenvalue weighted by Gasteiger charge is 2.04. The summed E-state index contributed by atoms with van der Waals surface area (Å²) in [7, 11) is 0. The minimum atomic E-state index is 0.337. The highest BCUT2D eigenvalue weighted by molar-refractivity contribution is 5.32. The van der Waals surface area contributed by atoms with E-state index in [-0.39, 0.29) is 0 Å². The largest absolute Gasteiger partial charge is 0.444 e. The third kappa shape index (κ3) is 2.78. The zero-order chi connectivity index (χ0) is 12.3. The normalized spacial score (nSPS) is 9.94. The van der Waals surface area contributed by atoms with Crippen molar-refractivity contribution >= 4 is 5.95 Å². The molecule has 0 radical (unpaired) electrons. The lowest BCUT2D eigenvalue weighted by atomic mass is 10.3. The molecule has 0 saturated heterocycles. The van der Waals surface area contributed by atoms with Crippen LogP contribution in [0.1, 0.15) is 23.0 Å². The fourth-order valence-corrected chi connectivity index (χ4v) is 1.34. The van der Waals surface area contributed by atoms with E-state index < -0.39 is 0 Å². The van der Waals surface area contributed by atoms with E-state index in [1.165, 1.54) is 0 Å². The fourth-order valence-electron chi connectivity index (χ4n) is 1.34. The maximum atomic E-state index is 8.78. The van der Waals surface area contributed by atoms with Gasteiger partial charge in [-0.3, -0.25) is 0 Å². The number of aromatic nitrogens is 3. The topological polar surface area (TPSA) is 87.6 Å². The first-order valence-electron chi connectivity index (χ1n) is 5.08. The summed E-state index contributed by atoms with van der Waals surface area (Å²) in [4.78, 5) is 12.2. The zero-order valence-electron chi connectivity index (χ0n) is 9.56. The number of hydrogen-bond donors (Lipinski definition) is 1. The van der Waals surface area contributed by atoms with Crippen molar-refractivity contribution in [3.63, 3.8) is 0 Å². The average molecular weight is 229 g/mol. The van der Waals surface area contributed by atoms with Crippen molar-refractivity contribution in [2.24, 2.45) is 0 Å². The summed E-state index contributed by atoms with van der Waals surface area (Å²) in [5, 5.41) is 11.7. The van der Waals surface area contributed by atoms with Gasteiger partial charge < -0.3 is 9.73 Å². The van der Waals surface area contributed by atoms with Crippen LogP contribution in [0.4, 0.5) is 5.95 Å². The van der Waals surface area contributed by atoms with Crippen LogP contribution in [-0.2, 0) is 6.54 Å². The Kier molecular flexibility index (Phi) is 3.01. The molecular weight excluding hydrogens is 218 g/mol. The second-order valence-electron chi connectivity index (χ2n) is 3.55. The van der Waals surface area contributed by atoms with Gasteiger partial charge in [-0.2, -0.15) is 5.26 Å². The van der Waals surface area contributed by atoms with Crippen LogP contribution in [0.3, 0.4) is 0 Å². The van der Waals surface area contributed by atoms with Gasteiger partial charge in [0.25, 0.3) is 0 Å². The molecule has 0 aliphatic heterocycles. The monoisotopic (exact) mass is 229 g/mol. The van der Waals surface area contributed by atoms with Crippen molar-refractivity contribution in [2.45, 2.75) is 20.4 Å². The summed E-state index contributed by atoms with van der Waals surface area (Å²) < 4.78 is 5.30. The quantitative estimate of drug-likeness (QED) is 0.859.